The van der Waals surface area contributed by atoms with Gasteiger partial charge in [-0.25, -0.2) is 0 Å². The van der Waals surface area contributed by atoms with Crippen LogP contribution >= 0.6 is 0 Å². The maximum absolute atomic E-state index is 14.6. The summed E-state index contributed by atoms with van der Waals surface area (Å²) < 4.78 is 482. The molecule has 0 unspecified atom stereocenters. The molecule has 530 valence electrons. The van der Waals surface area contributed by atoms with Crippen LogP contribution in [0.2, 0.25) is 0 Å². The normalized spacial score (nSPS) is 20.9. The third-order valence-electron chi connectivity index (χ3n) is 12.4. The van der Waals surface area contributed by atoms with E-state index in [0.29, 0.717) is 6.92 Å². The second-order valence-corrected chi connectivity index (χ2v) is 19.0. The lowest BCUT2D eigenvalue weighted by Crippen LogP contribution is -2.74. The second-order valence-electron chi connectivity index (χ2n) is 19.0. The third kappa shape index (κ3) is 15.0. The van der Waals surface area contributed by atoms with Gasteiger partial charge < -0.3 is 50.8 Å². The molecule has 0 aromatic heterocycles. The first-order valence-electron chi connectivity index (χ1n) is 23.6. The van der Waals surface area contributed by atoms with E-state index < -0.39 is 232 Å². The van der Waals surface area contributed by atoms with E-state index in [1.807, 2.05) is 10.6 Å². The minimum Gasteiger partial charge on any atom is -0.466 e. The van der Waals surface area contributed by atoms with Crippen LogP contribution in [-0.4, -0.2) is 204 Å². The summed E-state index contributed by atoms with van der Waals surface area (Å²) >= 11 is 0. The molecule has 0 aliphatic carbocycles. The van der Waals surface area contributed by atoms with E-state index in [4.69, 9.17) is 19.9 Å². The topological polar surface area (TPSA) is 225 Å². The number of alkyl halides is 34. The van der Waals surface area contributed by atoms with E-state index >= 15 is 0 Å². The molecule has 90 heavy (non-hydrogen) atoms. The van der Waals surface area contributed by atoms with Crippen LogP contribution in [0.4, 0.5) is 149 Å². The predicted octanol–water partition coefficient (Wildman–Crippen LogP) is 8.74. The van der Waals surface area contributed by atoms with Gasteiger partial charge in [0.2, 0.25) is 23.6 Å². The molecular weight excluding hydrogens is 1370 g/mol. The number of nitrogens with two attached hydrogens (primary N) is 1. The van der Waals surface area contributed by atoms with Crippen LogP contribution in [0.15, 0.2) is 0 Å². The van der Waals surface area contributed by atoms with Crippen LogP contribution in [0.5, 0.6) is 0 Å². The van der Waals surface area contributed by atoms with Gasteiger partial charge in [-0.2, -0.15) is 149 Å². The zero-order valence-electron chi connectivity index (χ0n) is 44.0. The van der Waals surface area contributed by atoms with Gasteiger partial charge in [-0.15, -0.1) is 0 Å². The predicted molar refractivity (Wildman–Crippen MR) is 218 cm³/mol. The Kier molecular flexibility index (Phi) is 24.8. The summed E-state index contributed by atoms with van der Waals surface area (Å²) in [7, 11) is 0. The number of nitrogens with one attached hydrogen (secondary N) is 3. The summed E-state index contributed by atoms with van der Waals surface area (Å²) in [5.41, 5.74) is 5.08. The lowest BCUT2D eigenvalue weighted by Gasteiger charge is -2.44. The number of hydrogen-bond acceptors (Lipinski definition) is 11. The molecule has 0 aromatic rings. The highest BCUT2D eigenvalue weighted by Gasteiger charge is 2.97. The van der Waals surface area contributed by atoms with E-state index in [2.05, 4.69) is 4.74 Å². The lowest BCUT2D eigenvalue weighted by molar-refractivity contribution is -0.461. The second kappa shape index (κ2) is 27.0. The standard InChI is InChI=1S/C41H42F34N4O11/c1-13(23(85)79-16(22(76)84)6-7-18(82)87-10-4-8-26(42,43)28(46,47)30(50,51)32(54,55)34(58,59)36(62,63)38(66,67)40(70,71)72)77-24(86)14(2)89-21-19(78-15(3)81)25(90-17(12-80)20(21)83)88-11-5-9-27(44,45)29(48,49)31(52,53)33(56,57)35(60,61)37(64,65)39(68,69)41(73,74)75/h13-14,16-17,19-21,25,80,83H,4-12H2,1-3H3,(H2,76,84)(H,77,86)(H,78,81)(H,79,85)/t13-,14+,16+,17+,19+,20+,21+,25-/m0/s1. The number of aliphatic hydroxyl groups is 2. The zero-order chi connectivity index (χ0) is 71.8. The largest absolute Gasteiger partial charge is 0.466 e. The molecule has 4 amide bonds. The number of amides is 4. The van der Waals surface area contributed by atoms with E-state index in [0.717, 1.165) is 13.8 Å². The van der Waals surface area contributed by atoms with Gasteiger partial charge in [0.1, 0.15) is 42.5 Å². The lowest BCUT2D eigenvalue weighted by atomic mass is 9.88. The quantitative estimate of drug-likeness (QED) is 0.0207. The highest BCUT2D eigenvalue weighted by atomic mass is 19.4. The Morgan fingerprint density at radius 2 is 0.878 bits per heavy atom. The van der Waals surface area contributed by atoms with Crippen molar-refractivity contribution in [2.24, 2.45) is 5.73 Å². The molecule has 1 aliphatic rings. The van der Waals surface area contributed by atoms with Crippen molar-refractivity contribution in [1.29, 1.82) is 0 Å². The first kappa shape index (κ1) is 82.8. The van der Waals surface area contributed by atoms with Crippen LogP contribution in [-0.2, 0) is 42.9 Å². The summed E-state index contributed by atoms with van der Waals surface area (Å²) in [6, 6.07) is -6.19. The molecule has 7 N–H and O–H groups in total. The fourth-order valence-corrected chi connectivity index (χ4v) is 7.05. The van der Waals surface area contributed by atoms with Crippen LogP contribution in [0.1, 0.15) is 59.3 Å². The molecular formula is C41H42F34N4O11. The van der Waals surface area contributed by atoms with E-state index in [1.54, 1.807) is 5.32 Å². The SMILES string of the molecule is CC(=O)N[C@H]1[C@@H](OCCCC(F)(F)C(F)(F)C(F)(F)C(F)(F)C(F)(F)C(F)(F)C(F)(F)C(F)(F)F)O[C@H](CO)[C@@H](O)[C@@H]1O[C@H](C)C(=O)N[C@@H](C)C(=O)N[C@H](CCC(=O)OCCCC(F)(F)C(F)(F)C(F)(F)C(F)(F)C(F)(F)C(F)(F)C(F)(F)C(F)(F)F)C(N)=O. The Labute approximate surface area is 477 Å². The fourth-order valence-electron chi connectivity index (χ4n) is 7.05. The highest BCUT2D eigenvalue weighted by molar-refractivity contribution is 5.92. The highest BCUT2D eigenvalue weighted by Crippen LogP contribution is 2.66. The van der Waals surface area contributed by atoms with Gasteiger partial charge in [0.25, 0.3) is 0 Å². The van der Waals surface area contributed by atoms with E-state index in [1.165, 1.54) is 0 Å². The van der Waals surface area contributed by atoms with Gasteiger partial charge in [0.05, 0.1) is 19.8 Å². The Bertz CT molecular complexity index is 2500. The summed E-state index contributed by atoms with van der Waals surface area (Å²) in [5.74, 6) is -125. The molecule has 15 nitrogen and oxygen atoms in total. The number of primary amides is 1. The average molecular weight is 1410 g/mol. The Morgan fingerprint density at radius 3 is 1.22 bits per heavy atom. The molecule has 0 bridgehead atoms. The molecule has 1 saturated heterocycles. The van der Waals surface area contributed by atoms with Gasteiger partial charge in [0, 0.05) is 26.2 Å². The van der Waals surface area contributed by atoms with E-state index in [9.17, 15) is 183 Å². The zero-order valence-corrected chi connectivity index (χ0v) is 44.0. The minimum atomic E-state index is -8.91. The number of ether oxygens (including phenoxy) is 4. The fraction of sp³-hybridized carbons (Fsp3) is 0.878. The van der Waals surface area contributed by atoms with Crippen molar-refractivity contribution in [3.63, 3.8) is 0 Å². The number of aliphatic hydroxyl groups excluding tert-OH is 2. The molecule has 1 aliphatic heterocycles. The molecule has 1 fully saturated rings. The molecule has 1 rings (SSSR count). The van der Waals surface area contributed by atoms with Crippen LogP contribution in [0.3, 0.4) is 0 Å². The van der Waals surface area contributed by atoms with Gasteiger partial charge in [-0.1, -0.05) is 0 Å². The van der Waals surface area contributed by atoms with Crippen LogP contribution in [0.25, 0.3) is 0 Å². The molecule has 0 saturated carbocycles. The summed E-state index contributed by atoms with van der Waals surface area (Å²) in [5, 5.41) is 26.1. The minimum absolute atomic E-state index is 0.636. The monoisotopic (exact) mass is 1410 g/mol. The van der Waals surface area contributed by atoms with Gasteiger partial charge in [-0.05, 0) is 33.1 Å². The third-order valence-corrected chi connectivity index (χ3v) is 12.4. The van der Waals surface area contributed by atoms with Crippen LogP contribution in [0, 0.1) is 0 Å². The summed E-state index contributed by atoms with van der Waals surface area (Å²) in [4.78, 5) is 62.2. The molecule has 0 radical (unpaired) electrons. The number of halogens is 34. The number of rotatable bonds is 33. The van der Waals surface area contributed by atoms with Gasteiger partial charge in [-0.3, -0.25) is 24.0 Å². The Hall–Kier alpha value is -5.23. The van der Waals surface area contributed by atoms with Crippen LogP contribution < -0.4 is 21.7 Å². The molecule has 49 heteroatoms. The smallest absolute Gasteiger partial charge is 0.460 e. The first-order valence-corrected chi connectivity index (χ1v) is 23.6. The van der Waals surface area contributed by atoms with Gasteiger partial charge >= 0.3 is 101 Å². The number of esters is 1. The van der Waals surface area contributed by atoms with Crippen molar-refractivity contribution < 1.29 is 202 Å². The summed E-state index contributed by atoms with van der Waals surface area (Å²) in [6.45, 7) is -2.64. The van der Waals surface area contributed by atoms with E-state index in [-0.39, 0.29) is 0 Å². The van der Waals surface area contributed by atoms with Crippen molar-refractivity contribution in [1.82, 2.24) is 16.0 Å². The van der Waals surface area contributed by atoms with Crippen molar-refractivity contribution >= 4 is 29.6 Å². The number of carbonyl (C=O) groups excluding carboxylic acids is 5. The number of carbonyl (C=O) groups is 5. The Morgan fingerprint density at radius 1 is 0.522 bits per heavy atom. The first-order chi connectivity index (χ1) is 39.6. The molecule has 0 aromatic carbocycles. The number of hydrogen-bond donors (Lipinski definition) is 6. The maximum atomic E-state index is 14.6. The van der Waals surface area contributed by atoms with Crippen molar-refractivity contribution in [2.75, 3.05) is 19.8 Å². The van der Waals surface area contributed by atoms with Gasteiger partial charge in [0.15, 0.2) is 6.29 Å². The van der Waals surface area contributed by atoms with Crippen molar-refractivity contribution in [3.05, 3.63) is 0 Å². The van der Waals surface area contributed by atoms with Crippen molar-refractivity contribution in [3.8, 4) is 0 Å². The molecule has 0 spiro atoms. The van der Waals surface area contributed by atoms with Crippen molar-refractivity contribution in [2.45, 2.75) is 203 Å². The maximum Gasteiger partial charge on any atom is 0.460 e. The average Bonchev–Trinajstić information content (AvgIpc) is 0.705. The molecule has 1 heterocycles. The Balaban J connectivity index is 3.14. The molecule has 8 atom stereocenters. The summed E-state index contributed by atoms with van der Waals surface area (Å²) in [6.07, 6.45) is -39.3.